The Morgan fingerprint density at radius 1 is 1.13 bits per heavy atom. The molecule has 0 aliphatic heterocycles. The molecule has 4 rings (SSSR count). The summed E-state index contributed by atoms with van der Waals surface area (Å²) < 4.78 is 1.78. The van der Waals surface area contributed by atoms with E-state index in [2.05, 4.69) is 20.5 Å². The summed E-state index contributed by atoms with van der Waals surface area (Å²) in [4.78, 5) is 27.3. The first-order valence-corrected chi connectivity index (χ1v) is 10.3. The molecule has 2 aromatic carbocycles. The second kappa shape index (κ2) is 8.83. The molecular weight excluding hydrogens is 402 g/mol. The summed E-state index contributed by atoms with van der Waals surface area (Å²) >= 11 is 1.20. The number of hydrogen-bond donors (Lipinski definition) is 3. The van der Waals surface area contributed by atoms with Crippen molar-refractivity contribution in [2.45, 2.75) is 17.6 Å². The molecule has 0 aliphatic rings. The maximum Gasteiger partial charge on any atom is 0.326 e. The fraction of sp³-hybridized carbons (Fsp3) is 0.143. The van der Waals surface area contributed by atoms with Crippen LogP contribution < -0.4 is 5.32 Å². The summed E-state index contributed by atoms with van der Waals surface area (Å²) in [7, 11) is 0. The number of amides is 1. The van der Waals surface area contributed by atoms with E-state index in [1.54, 1.807) is 17.1 Å². The molecule has 30 heavy (non-hydrogen) atoms. The van der Waals surface area contributed by atoms with E-state index >= 15 is 0 Å². The third-order valence-corrected chi connectivity index (χ3v) is 5.56. The van der Waals surface area contributed by atoms with Crippen LogP contribution in [0.1, 0.15) is 5.56 Å². The van der Waals surface area contributed by atoms with Crippen LogP contribution in [0.4, 0.5) is 0 Å². The number of aliphatic carboxylic acids is 1. The first-order valence-electron chi connectivity index (χ1n) is 9.27. The molecule has 0 bridgehead atoms. The molecule has 4 aromatic rings. The number of carbonyl (C=O) groups is 2. The highest BCUT2D eigenvalue weighted by atomic mass is 32.2. The second-order valence-corrected chi connectivity index (χ2v) is 7.57. The lowest BCUT2D eigenvalue weighted by Crippen LogP contribution is -2.43. The van der Waals surface area contributed by atoms with Gasteiger partial charge in [-0.05, 0) is 23.8 Å². The molecule has 0 spiro atoms. The minimum Gasteiger partial charge on any atom is -0.480 e. The molecule has 1 atom stereocenters. The Kier molecular flexibility index (Phi) is 5.80. The number of hydrogen-bond acceptors (Lipinski definition) is 5. The quantitative estimate of drug-likeness (QED) is 0.377. The zero-order valence-electron chi connectivity index (χ0n) is 15.9. The Balaban J connectivity index is 1.40. The van der Waals surface area contributed by atoms with E-state index in [0.717, 1.165) is 22.2 Å². The molecule has 0 saturated heterocycles. The molecule has 2 heterocycles. The molecule has 0 fully saturated rings. The standard InChI is InChI=1S/C21H19N5O3S/c27-19(12-30-21-25-23-13-26(21)15-6-2-1-3-7-15)24-18(20(28)29)10-14-11-22-17-9-5-4-8-16(14)17/h1-9,11,13,18,22H,10,12H2,(H,24,27)(H,28,29)/t18-/m0/s1. The molecule has 9 heteroatoms. The van der Waals surface area contributed by atoms with E-state index in [1.165, 1.54) is 11.8 Å². The fourth-order valence-corrected chi connectivity index (χ4v) is 3.92. The number of thioether (sulfide) groups is 1. The van der Waals surface area contributed by atoms with Crippen molar-refractivity contribution in [3.63, 3.8) is 0 Å². The second-order valence-electron chi connectivity index (χ2n) is 6.63. The van der Waals surface area contributed by atoms with Crippen LogP contribution in [0, 0.1) is 0 Å². The van der Waals surface area contributed by atoms with Crippen LogP contribution in [-0.2, 0) is 16.0 Å². The van der Waals surface area contributed by atoms with Crippen LogP contribution in [0.2, 0.25) is 0 Å². The molecule has 0 aliphatic carbocycles. The van der Waals surface area contributed by atoms with E-state index in [9.17, 15) is 14.7 Å². The van der Waals surface area contributed by atoms with Gasteiger partial charge in [-0.2, -0.15) is 0 Å². The molecule has 0 saturated carbocycles. The maximum absolute atomic E-state index is 12.4. The van der Waals surface area contributed by atoms with Gasteiger partial charge in [-0.15, -0.1) is 10.2 Å². The number of carbonyl (C=O) groups excluding carboxylic acids is 1. The van der Waals surface area contributed by atoms with Crippen LogP contribution in [0.3, 0.4) is 0 Å². The zero-order chi connectivity index (χ0) is 20.9. The van der Waals surface area contributed by atoms with Crippen molar-refractivity contribution in [3.05, 3.63) is 72.7 Å². The number of H-pyrrole nitrogens is 1. The van der Waals surface area contributed by atoms with E-state index in [0.29, 0.717) is 5.16 Å². The minimum absolute atomic E-state index is 0.0309. The van der Waals surface area contributed by atoms with Crippen molar-refractivity contribution in [1.82, 2.24) is 25.1 Å². The van der Waals surface area contributed by atoms with E-state index in [-0.39, 0.29) is 18.1 Å². The van der Waals surface area contributed by atoms with Crippen LogP contribution in [0.5, 0.6) is 0 Å². The molecule has 2 aromatic heterocycles. The Morgan fingerprint density at radius 2 is 1.90 bits per heavy atom. The largest absolute Gasteiger partial charge is 0.480 e. The summed E-state index contributed by atoms with van der Waals surface area (Å²) in [5, 5.41) is 21.6. The van der Waals surface area contributed by atoms with E-state index in [4.69, 9.17) is 0 Å². The van der Waals surface area contributed by atoms with E-state index < -0.39 is 12.0 Å². The highest BCUT2D eigenvalue weighted by molar-refractivity contribution is 7.99. The van der Waals surface area contributed by atoms with Gasteiger partial charge in [0.05, 0.1) is 5.75 Å². The van der Waals surface area contributed by atoms with Gasteiger partial charge in [-0.3, -0.25) is 9.36 Å². The van der Waals surface area contributed by atoms with Gasteiger partial charge in [0.25, 0.3) is 0 Å². The van der Waals surface area contributed by atoms with Gasteiger partial charge in [0.15, 0.2) is 5.16 Å². The molecule has 0 unspecified atom stereocenters. The SMILES string of the molecule is O=C(CSc1nncn1-c1ccccc1)N[C@@H](Cc1c[nH]c2ccccc12)C(=O)O. The van der Waals surface area contributed by atoms with Gasteiger partial charge in [0.1, 0.15) is 12.4 Å². The number of aromatic amines is 1. The smallest absolute Gasteiger partial charge is 0.326 e. The minimum atomic E-state index is -1.08. The summed E-state index contributed by atoms with van der Waals surface area (Å²) in [6.45, 7) is 0. The van der Waals surface area contributed by atoms with Crippen LogP contribution in [0.25, 0.3) is 16.6 Å². The average molecular weight is 421 g/mol. The van der Waals surface area contributed by atoms with Crippen molar-refractivity contribution in [2.24, 2.45) is 0 Å². The number of nitrogens with one attached hydrogen (secondary N) is 2. The fourth-order valence-electron chi connectivity index (χ4n) is 3.18. The summed E-state index contributed by atoms with van der Waals surface area (Å²) in [5.74, 6) is -1.43. The maximum atomic E-state index is 12.4. The number of carboxylic acids is 1. The van der Waals surface area contributed by atoms with Crippen LogP contribution in [-0.4, -0.2) is 48.5 Å². The van der Waals surface area contributed by atoms with Crippen LogP contribution in [0.15, 0.2) is 72.3 Å². The van der Waals surface area contributed by atoms with Gasteiger partial charge >= 0.3 is 5.97 Å². The predicted octanol–water partition coefficient (Wildman–Crippen LogP) is 2.65. The number of nitrogens with zero attached hydrogens (tertiary/aromatic N) is 3. The molecule has 0 radical (unpaired) electrons. The number of carboxylic acid groups (broad SMARTS) is 1. The van der Waals surface area contributed by atoms with Gasteiger partial charge in [0, 0.05) is 29.2 Å². The van der Waals surface area contributed by atoms with Crippen molar-refractivity contribution >= 4 is 34.5 Å². The summed E-state index contributed by atoms with van der Waals surface area (Å²) in [6, 6.07) is 16.2. The number of rotatable bonds is 8. The third kappa shape index (κ3) is 4.36. The lowest BCUT2D eigenvalue weighted by Gasteiger charge is -2.14. The monoisotopic (exact) mass is 421 g/mol. The summed E-state index contributed by atoms with van der Waals surface area (Å²) in [5.41, 5.74) is 2.65. The highest BCUT2D eigenvalue weighted by Gasteiger charge is 2.22. The number of para-hydroxylation sites is 2. The van der Waals surface area contributed by atoms with Crippen molar-refractivity contribution in [1.29, 1.82) is 0 Å². The van der Waals surface area contributed by atoms with Crippen LogP contribution >= 0.6 is 11.8 Å². The number of benzene rings is 2. The molecule has 152 valence electrons. The first kappa shape index (κ1) is 19.7. The third-order valence-electron chi connectivity index (χ3n) is 4.62. The highest BCUT2D eigenvalue weighted by Crippen LogP contribution is 2.21. The van der Waals surface area contributed by atoms with Gasteiger partial charge in [-0.1, -0.05) is 48.2 Å². The molecule has 1 amide bonds. The number of aromatic nitrogens is 4. The first-order chi connectivity index (χ1) is 14.6. The normalized spacial score (nSPS) is 12.0. The van der Waals surface area contributed by atoms with Gasteiger partial charge < -0.3 is 15.4 Å². The Labute approximate surface area is 176 Å². The molecule has 3 N–H and O–H groups in total. The van der Waals surface area contributed by atoms with Gasteiger partial charge in [-0.25, -0.2) is 4.79 Å². The Morgan fingerprint density at radius 3 is 2.70 bits per heavy atom. The topological polar surface area (TPSA) is 113 Å². The average Bonchev–Trinajstić information content (AvgIpc) is 3.39. The Hall–Kier alpha value is -3.59. The van der Waals surface area contributed by atoms with E-state index in [1.807, 2.05) is 54.6 Å². The zero-order valence-corrected chi connectivity index (χ0v) is 16.7. The van der Waals surface area contributed by atoms with Crippen molar-refractivity contribution in [3.8, 4) is 5.69 Å². The van der Waals surface area contributed by atoms with Crippen molar-refractivity contribution in [2.75, 3.05) is 5.75 Å². The van der Waals surface area contributed by atoms with Gasteiger partial charge in [0.2, 0.25) is 5.91 Å². The molecule has 8 nitrogen and oxygen atoms in total. The lowest BCUT2D eigenvalue weighted by atomic mass is 10.1. The Bertz CT molecular complexity index is 1170. The predicted molar refractivity (Wildman–Crippen MR) is 114 cm³/mol. The summed E-state index contributed by atoms with van der Waals surface area (Å²) in [6.07, 6.45) is 3.55. The lowest BCUT2D eigenvalue weighted by molar-refractivity contribution is -0.141. The molecular formula is C21H19N5O3S. The number of fused-ring (bicyclic) bond motifs is 1. The van der Waals surface area contributed by atoms with Crippen molar-refractivity contribution < 1.29 is 14.7 Å².